The molecule has 0 atom stereocenters. The third-order valence-corrected chi connectivity index (χ3v) is 3.45. The highest BCUT2D eigenvalue weighted by molar-refractivity contribution is 5.92. The van der Waals surface area contributed by atoms with Crippen molar-refractivity contribution in [2.24, 2.45) is 0 Å². The predicted octanol–water partition coefficient (Wildman–Crippen LogP) is 3.37. The molecule has 0 aliphatic heterocycles. The standard InChI is InChI=1S/C17H30N4O/c1-5-11-20(12-6-2)16-10-9-15(18-19-16)17(22)21(13-7-3)14-8-4/h9-10H,5-8,11-14H2,1-4H3. The molecule has 0 aliphatic rings. The van der Waals surface area contributed by atoms with Gasteiger partial charge in [0.05, 0.1) is 0 Å². The summed E-state index contributed by atoms with van der Waals surface area (Å²) in [6.45, 7) is 11.9. The molecule has 1 amide bonds. The number of nitrogens with zero attached hydrogens (tertiary/aromatic N) is 4. The molecule has 1 heterocycles. The van der Waals surface area contributed by atoms with E-state index in [0.29, 0.717) is 5.69 Å². The van der Waals surface area contributed by atoms with Gasteiger partial charge in [-0.25, -0.2) is 0 Å². The van der Waals surface area contributed by atoms with Gasteiger partial charge >= 0.3 is 0 Å². The Bertz CT molecular complexity index is 421. The van der Waals surface area contributed by atoms with Crippen molar-refractivity contribution >= 4 is 11.7 Å². The molecule has 0 aliphatic carbocycles. The van der Waals surface area contributed by atoms with E-state index in [9.17, 15) is 4.79 Å². The van der Waals surface area contributed by atoms with Crippen LogP contribution in [0.1, 0.15) is 63.9 Å². The number of aromatic nitrogens is 2. The molecule has 0 aromatic carbocycles. The number of carbonyl (C=O) groups is 1. The second-order valence-electron chi connectivity index (χ2n) is 5.56. The summed E-state index contributed by atoms with van der Waals surface area (Å²) in [5.41, 5.74) is 0.443. The lowest BCUT2D eigenvalue weighted by atomic mass is 10.2. The zero-order valence-corrected chi connectivity index (χ0v) is 14.5. The molecule has 22 heavy (non-hydrogen) atoms. The molecule has 0 saturated heterocycles. The van der Waals surface area contributed by atoms with Crippen molar-refractivity contribution < 1.29 is 4.79 Å². The quantitative estimate of drug-likeness (QED) is 0.665. The molecule has 0 N–H and O–H groups in total. The van der Waals surface area contributed by atoms with Crippen molar-refractivity contribution in [1.29, 1.82) is 0 Å². The molecule has 5 heteroatoms. The number of rotatable bonds is 10. The van der Waals surface area contributed by atoms with Crippen LogP contribution in [-0.2, 0) is 0 Å². The number of hydrogen-bond acceptors (Lipinski definition) is 4. The third-order valence-electron chi connectivity index (χ3n) is 3.45. The molecule has 0 radical (unpaired) electrons. The molecule has 1 aromatic rings. The average molecular weight is 306 g/mol. The van der Waals surface area contributed by atoms with Gasteiger partial charge in [-0.15, -0.1) is 10.2 Å². The predicted molar refractivity (Wildman–Crippen MR) is 91.3 cm³/mol. The molecular weight excluding hydrogens is 276 g/mol. The minimum Gasteiger partial charge on any atom is -0.355 e. The zero-order valence-electron chi connectivity index (χ0n) is 14.5. The summed E-state index contributed by atoms with van der Waals surface area (Å²) >= 11 is 0. The maximum absolute atomic E-state index is 12.5. The second kappa shape index (κ2) is 10.1. The van der Waals surface area contributed by atoms with Gasteiger partial charge in [0.25, 0.3) is 5.91 Å². The molecular formula is C17H30N4O. The van der Waals surface area contributed by atoms with Crippen LogP contribution < -0.4 is 4.90 Å². The minimum absolute atomic E-state index is 0.0136. The summed E-state index contributed by atoms with van der Waals surface area (Å²) in [6, 6.07) is 3.73. The van der Waals surface area contributed by atoms with E-state index in [-0.39, 0.29) is 5.91 Å². The lowest BCUT2D eigenvalue weighted by molar-refractivity contribution is 0.0748. The fraction of sp³-hybridized carbons (Fsp3) is 0.706. The fourth-order valence-electron chi connectivity index (χ4n) is 2.51. The lowest BCUT2D eigenvalue weighted by Crippen LogP contribution is -2.33. The summed E-state index contributed by atoms with van der Waals surface area (Å²) in [4.78, 5) is 16.5. The average Bonchev–Trinajstić information content (AvgIpc) is 2.54. The van der Waals surface area contributed by atoms with Crippen LogP contribution in [0.15, 0.2) is 12.1 Å². The van der Waals surface area contributed by atoms with Gasteiger partial charge < -0.3 is 9.80 Å². The zero-order chi connectivity index (χ0) is 16.4. The summed E-state index contributed by atoms with van der Waals surface area (Å²) < 4.78 is 0. The molecule has 0 bridgehead atoms. The van der Waals surface area contributed by atoms with Gasteiger partial charge in [-0.05, 0) is 37.8 Å². The second-order valence-corrected chi connectivity index (χ2v) is 5.56. The van der Waals surface area contributed by atoms with E-state index in [4.69, 9.17) is 0 Å². The Morgan fingerprint density at radius 3 is 1.82 bits per heavy atom. The third kappa shape index (κ3) is 5.28. The van der Waals surface area contributed by atoms with Crippen molar-refractivity contribution in [3.8, 4) is 0 Å². The van der Waals surface area contributed by atoms with E-state index < -0.39 is 0 Å². The highest BCUT2D eigenvalue weighted by Crippen LogP contribution is 2.12. The topological polar surface area (TPSA) is 49.3 Å². The van der Waals surface area contributed by atoms with Crippen LogP contribution in [0.2, 0.25) is 0 Å². The summed E-state index contributed by atoms with van der Waals surface area (Å²) in [6.07, 6.45) is 4.06. The van der Waals surface area contributed by atoms with E-state index in [1.54, 1.807) is 6.07 Å². The van der Waals surface area contributed by atoms with Crippen LogP contribution in [0.4, 0.5) is 5.82 Å². The van der Waals surface area contributed by atoms with Gasteiger partial charge in [0.2, 0.25) is 0 Å². The SMILES string of the molecule is CCCN(CCC)C(=O)c1ccc(N(CCC)CCC)nn1. The molecule has 124 valence electrons. The van der Waals surface area contributed by atoms with Crippen molar-refractivity contribution in [2.45, 2.75) is 53.4 Å². The maximum Gasteiger partial charge on any atom is 0.274 e. The fourth-order valence-corrected chi connectivity index (χ4v) is 2.51. The smallest absolute Gasteiger partial charge is 0.274 e. The Hall–Kier alpha value is -1.65. The first-order valence-corrected chi connectivity index (χ1v) is 8.55. The van der Waals surface area contributed by atoms with E-state index in [0.717, 1.165) is 57.7 Å². The van der Waals surface area contributed by atoms with Gasteiger partial charge in [0, 0.05) is 26.2 Å². The van der Waals surface area contributed by atoms with Crippen LogP contribution >= 0.6 is 0 Å². The van der Waals surface area contributed by atoms with Gasteiger partial charge in [0.15, 0.2) is 11.5 Å². The van der Waals surface area contributed by atoms with Gasteiger partial charge in [-0.3, -0.25) is 4.79 Å². The first-order valence-electron chi connectivity index (χ1n) is 8.55. The maximum atomic E-state index is 12.5. The van der Waals surface area contributed by atoms with E-state index in [2.05, 4.69) is 42.8 Å². The molecule has 5 nitrogen and oxygen atoms in total. The monoisotopic (exact) mass is 306 g/mol. The Labute approximate surface area is 134 Å². The first-order chi connectivity index (χ1) is 10.7. The van der Waals surface area contributed by atoms with Crippen LogP contribution in [-0.4, -0.2) is 47.2 Å². The highest BCUT2D eigenvalue weighted by atomic mass is 16.2. The normalized spacial score (nSPS) is 10.5. The summed E-state index contributed by atoms with van der Waals surface area (Å²) in [5.74, 6) is 0.845. The van der Waals surface area contributed by atoms with Crippen LogP contribution in [0, 0.1) is 0 Å². The Morgan fingerprint density at radius 2 is 1.41 bits per heavy atom. The Morgan fingerprint density at radius 1 is 0.864 bits per heavy atom. The number of hydrogen-bond donors (Lipinski definition) is 0. The van der Waals surface area contributed by atoms with Gasteiger partial charge in [-0.2, -0.15) is 0 Å². The number of amides is 1. The molecule has 1 aromatic heterocycles. The Balaban J connectivity index is 2.83. The van der Waals surface area contributed by atoms with E-state index >= 15 is 0 Å². The molecule has 0 fully saturated rings. The van der Waals surface area contributed by atoms with Gasteiger partial charge in [-0.1, -0.05) is 27.7 Å². The van der Waals surface area contributed by atoms with Crippen LogP contribution in [0.5, 0.6) is 0 Å². The minimum atomic E-state index is -0.0136. The van der Waals surface area contributed by atoms with Crippen molar-refractivity contribution in [1.82, 2.24) is 15.1 Å². The molecule has 0 unspecified atom stereocenters. The summed E-state index contributed by atoms with van der Waals surface area (Å²) in [5, 5.41) is 8.43. The molecule has 0 spiro atoms. The largest absolute Gasteiger partial charge is 0.355 e. The van der Waals surface area contributed by atoms with Crippen LogP contribution in [0.3, 0.4) is 0 Å². The highest BCUT2D eigenvalue weighted by Gasteiger charge is 2.17. The summed E-state index contributed by atoms with van der Waals surface area (Å²) in [7, 11) is 0. The number of carbonyl (C=O) groups excluding carboxylic acids is 1. The van der Waals surface area contributed by atoms with Crippen molar-refractivity contribution in [2.75, 3.05) is 31.1 Å². The number of anilines is 1. The Kier molecular flexibility index (Phi) is 8.48. The van der Waals surface area contributed by atoms with Crippen molar-refractivity contribution in [3.05, 3.63) is 17.8 Å². The molecule has 1 rings (SSSR count). The first kappa shape index (κ1) is 18.4. The van der Waals surface area contributed by atoms with E-state index in [1.165, 1.54) is 0 Å². The van der Waals surface area contributed by atoms with Crippen molar-refractivity contribution in [3.63, 3.8) is 0 Å². The van der Waals surface area contributed by atoms with Gasteiger partial charge in [0.1, 0.15) is 0 Å². The molecule has 0 saturated carbocycles. The van der Waals surface area contributed by atoms with E-state index in [1.807, 2.05) is 11.0 Å². The van der Waals surface area contributed by atoms with Crippen LogP contribution in [0.25, 0.3) is 0 Å². The lowest BCUT2D eigenvalue weighted by Gasteiger charge is -2.23.